The van der Waals surface area contributed by atoms with Crippen molar-refractivity contribution in [3.05, 3.63) is 57.1 Å². The van der Waals surface area contributed by atoms with E-state index in [1.807, 2.05) is 30.3 Å². The number of carbonyl (C=O) groups is 1. The van der Waals surface area contributed by atoms with Crippen LogP contribution in [0.15, 0.2) is 36.5 Å². The summed E-state index contributed by atoms with van der Waals surface area (Å²) in [6.45, 7) is 3.20. The molecule has 3 aromatic rings. The number of nitrogens with one attached hydrogen (secondary N) is 1. The van der Waals surface area contributed by atoms with Gasteiger partial charge in [0.1, 0.15) is 0 Å². The average Bonchev–Trinajstić information content (AvgIpc) is 3.19. The van der Waals surface area contributed by atoms with Gasteiger partial charge in [0, 0.05) is 41.2 Å². The van der Waals surface area contributed by atoms with Gasteiger partial charge in [-0.3, -0.25) is 14.7 Å². The zero-order chi connectivity index (χ0) is 21.9. The van der Waals surface area contributed by atoms with Crippen LogP contribution in [0.25, 0.3) is 10.9 Å². The number of fused-ring (bicyclic) bond motifs is 2. The van der Waals surface area contributed by atoms with Crippen LogP contribution in [0.2, 0.25) is 4.47 Å². The molecule has 0 bridgehead atoms. The first kappa shape index (κ1) is 21.8. The predicted octanol–water partition coefficient (Wildman–Crippen LogP) is 5.47. The molecule has 1 amide bonds. The van der Waals surface area contributed by atoms with Crippen molar-refractivity contribution < 1.29 is 4.79 Å². The van der Waals surface area contributed by atoms with E-state index in [-0.39, 0.29) is 11.9 Å². The lowest BCUT2D eigenvalue weighted by molar-refractivity contribution is 0.0922. The van der Waals surface area contributed by atoms with Crippen molar-refractivity contribution in [3.8, 4) is 0 Å². The molecular formula is C25H29ClN4OS. The average molecular weight is 469 g/mol. The number of amides is 1. The molecule has 3 heterocycles. The Morgan fingerprint density at radius 1 is 1.19 bits per heavy atom. The number of pyridine rings is 1. The molecule has 2 aliphatic rings. The maximum absolute atomic E-state index is 12.9. The largest absolute Gasteiger partial charge is 0.349 e. The molecule has 0 radical (unpaired) electrons. The minimum Gasteiger partial charge on any atom is -0.349 e. The van der Waals surface area contributed by atoms with Gasteiger partial charge in [0.05, 0.1) is 11.2 Å². The Hall–Kier alpha value is -2.02. The van der Waals surface area contributed by atoms with Crippen LogP contribution in [0, 0.1) is 5.92 Å². The van der Waals surface area contributed by atoms with Crippen LogP contribution < -0.4 is 5.32 Å². The van der Waals surface area contributed by atoms with Crippen LogP contribution >= 0.6 is 22.9 Å². The molecule has 5 nitrogen and oxygen atoms in total. The van der Waals surface area contributed by atoms with Gasteiger partial charge in [-0.15, -0.1) is 11.3 Å². The van der Waals surface area contributed by atoms with E-state index in [0.717, 1.165) is 61.3 Å². The van der Waals surface area contributed by atoms with E-state index in [2.05, 4.69) is 20.2 Å². The van der Waals surface area contributed by atoms with Crippen LogP contribution in [0.4, 0.5) is 0 Å². The zero-order valence-electron chi connectivity index (χ0n) is 18.2. The highest BCUT2D eigenvalue weighted by molar-refractivity contribution is 7.15. The lowest BCUT2D eigenvalue weighted by Crippen LogP contribution is -2.38. The predicted molar refractivity (Wildman–Crippen MR) is 130 cm³/mol. The molecule has 0 saturated heterocycles. The van der Waals surface area contributed by atoms with Gasteiger partial charge in [0.25, 0.3) is 5.91 Å². The molecule has 1 N–H and O–H groups in total. The molecule has 1 aliphatic carbocycles. The summed E-state index contributed by atoms with van der Waals surface area (Å²) in [5.74, 6) is 0.803. The standard InChI is InChI=1S/C25H29ClN4OS/c26-25-29-22-16-30(15-12-23(22)32-25)14-3-4-17-8-10-18(11-9-17)28-24(31)20-5-1-7-21-19(20)6-2-13-27-21/h1-2,5-7,13,17-18H,3-4,8-12,14-16H2,(H,28,31). The Labute approximate surface area is 198 Å². The van der Waals surface area contributed by atoms with Gasteiger partial charge < -0.3 is 5.32 Å². The van der Waals surface area contributed by atoms with Crippen molar-refractivity contribution in [2.24, 2.45) is 5.92 Å². The monoisotopic (exact) mass is 468 g/mol. The first-order chi connectivity index (χ1) is 15.7. The van der Waals surface area contributed by atoms with Gasteiger partial charge in [-0.2, -0.15) is 0 Å². The fourth-order valence-electron chi connectivity index (χ4n) is 5.18. The third-order valence-electron chi connectivity index (χ3n) is 6.94. The second kappa shape index (κ2) is 9.86. The molecule has 1 aromatic carbocycles. The fourth-order valence-corrected chi connectivity index (χ4v) is 6.34. The van der Waals surface area contributed by atoms with E-state index in [1.165, 1.54) is 36.3 Å². The van der Waals surface area contributed by atoms with Gasteiger partial charge in [-0.1, -0.05) is 23.7 Å². The van der Waals surface area contributed by atoms with Crippen LogP contribution in [0.3, 0.4) is 0 Å². The Balaban J connectivity index is 1.05. The van der Waals surface area contributed by atoms with E-state index in [1.54, 1.807) is 17.5 Å². The van der Waals surface area contributed by atoms with E-state index in [0.29, 0.717) is 4.47 Å². The molecule has 7 heteroatoms. The van der Waals surface area contributed by atoms with Gasteiger partial charge in [-0.05, 0) is 75.6 Å². The molecule has 2 aromatic heterocycles. The highest BCUT2D eigenvalue weighted by Crippen LogP contribution is 2.30. The number of rotatable bonds is 6. The van der Waals surface area contributed by atoms with Crippen LogP contribution in [0.1, 0.15) is 59.5 Å². The van der Waals surface area contributed by atoms with Gasteiger partial charge >= 0.3 is 0 Å². The summed E-state index contributed by atoms with van der Waals surface area (Å²) >= 11 is 7.70. The molecule has 1 saturated carbocycles. The molecular weight excluding hydrogens is 440 g/mol. The summed E-state index contributed by atoms with van der Waals surface area (Å²) in [4.78, 5) is 25.6. The number of carbonyl (C=O) groups excluding carboxylic acids is 1. The number of halogens is 1. The summed E-state index contributed by atoms with van der Waals surface area (Å²) in [6, 6.07) is 9.90. The smallest absolute Gasteiger partial charge is 0.252 e. The summed E-state index contributed by atoms with van der Waals surface area (Å²) in [7, 11) is 0. The van der Waals surface area contributed by atoms with E-state index >= 15 is 0 Å². The van der Waals surface area contributed by atoms with E-state index in [4.69, 9.17) is 11.6 Å². The summed E-state index contributed by atoms with van der Waals surface area (Å²) in [6.07, 6.45) is 9.91. The maximum Gasteiger partial charge on any atom is 0.252 e. The normalized spacial score (nSPS) is 21.4. The zero-order valence-corrected chi connectivity index (χ0v) is 19.8. The van der Waals surface area contributed by atoms with Gasteiger partial charge in [0.15, 0.2) is 4.47 Å². The third kappa shape index (κ3) is 4.98. The molecule has 1 fully saturated rings. The minimum absolute atomic E-state index is 0.0265. The fraction of sp³-hybridized carbons (Fsp3) is 0.480. The lowest BCUT2D eigenvalue weighted by Gasteiger charge is -2.30. The molecule has 168 valence electrons. The van der Waals surface area contributed by atoms with Crippen LogP contribution in [0.5, 0.6) is 0 Å². The molecule has 0 atom stereocenters. The Kier molecular flexibility index (Phi) is 6.72. The Morgan fingerprint density at radius 3 is 2.94 bits per heavy atom. The summed E-state index contributed by atoms with van der Waals surface area (Å²) in [5, 5.41) is 4.20. The van der Waals surface area contributed by atoms with Crippen molar-refractivity contribution >= 4 is 39.7 Å². The molecule has 0 spiro atoms. The van der Waals surface area contributed by atoms with Crippen molar-refractivity contribution in [1.29, 1.82) is 0 Å². The first-order valence-electron chi connectivity index (χ1n) is 11.7. The number of benzene rings is 1. The highest BCUT2D eigenvalue weighted by Gasteiger charge is 2.24. The number of nitrogens with zero attached hydrogens (tertiary/aromatic N) is 3. The quantitative estimate of drug-likeness (QED) is 0.521. The number of thiazole rings is 1. The Morgan fingerprint density at radius 2 is 2.06 bits per heavy atom. The maximum atomic E-state index is 12.9. The number of hydrogen-bond donors (Lipinski definition) is 1. The summed E-state index contributed by atoms with van der Waals surface area (Å²) < 4.78 is 0.679. The van der Waals surface area contributed by atoms with Crippen LogP contribution in [-0.2, 0) is 13.0 Å². The van der Waals surface area contributed by atoms with Crippen molar-refractivity contribution in [2.75, 3.05) is 13.1 Å². The molecule has 0 unspecified atom stereocenters. The Bertz CT molecular complexity index is 1090. The lowest BCUT2D eigenvalue weighted by atomic mass is 9.83. The van der Waals surface area contributed by atoms with E-state index < -0.39 is 0 Å². The number of hydrogen-bond acceptors (Lipinski definition) is 5. The van der Waals surface area contributed by atoms with Crippen molar-refractivity contribution in [3.63, 3.8) is 0 Å². The second-order valence-corrected chi connectivity index (χ2v) is 10.7. The topological polar surface area (TPSA) is 58.1 Å². The molecule has 32 heavy (non-hydrogen) atoms. The van der Waals surface area contributed by atoms with Gasteiger partial charge in [0.2, 0.25) is 0 Å². The molecule has 5 rings (SSSR count). The molecule has 1 aliphatic heterocycles. The SMILES string of the molecule is O=C(NC1CCC(CCCN2CCc3sc(Cl)nc3C2)CC1)c1cccc2ncccc12. The van der Waals surface area contributed by atoms with Crippen molar-refractivity contribution in [2.45, 2.75) is 57.5 Å². The van der Waals surface area contributed by atoms with Gasteiger partial charge in [-0.25, -0.2) is 4.98 Å². The van der Waals surface area contributed by atoms with E-state index in [9.17, 15) is 4.79 Å². The van der Waals surface area contributed by atoms with Crippen LogP contribution in [-0.4, -0.2) is 39.9 Å². The minimum atomic E-state index is 0.0265. The number of aromatic nitrogens is 2. The first-order valence-corrected chi connectivity index (χ1v) is 12.9. The third-order valence-corrected chi connectivity index (χ3v) is 8.20. The summed E-state index contributed by atoms with van der Waals surface area (Å²) in [5.41, 5.74) is 2.78. The highest BCUT2D eigenvalue weighted by atomic mass is 35.5. The van der Waals surface area contributed by atoms with Crippen molar-refractivity contribution in [1.82, 2.24) is 20.2 Å². The second-order valence-electron chi connectivity index (χ2n) is 9.07.